The first-order valence-corrected chi connectivity index (χ1v) is 8.33. The van der Waals surface area contributed by atoms with Crippen molar-refractivity contribution in [3.63, 3.8) is 0 Å². The number of thioether (sulfide) groups is 1. The molecule has 0 fully saturated rings. The zero-order chi connectivity index (χ0) is 18.7. The number of esters is 2. The van der Waals surface area contributed by atoms with E-state index in [1.165, 1.54) is 18.7 Å². The van der Waals surface area contributed by atoms with E-state index in [1.54, 1.807) is 24.3 Å². The van der Waals surface area contributed by atoms with E-state index in [0.29, 0.717) is 0 Å². The van der Waals surface area contributed by atoms with Crippen molar-refractivity contribution in [3.05, 3.63) is 54.5 Å². The highest BCUT2D eigenvalue weighted by Crippen LogP contribution is 2.15. The van der Waals surface area contributed by atoms with Gasteiger partial charge in [-0.05, 0) is 37.4 Å². The van der Waals surface area contributed by atoms with Crippen molar-refractivity contribution in [1.29, 1.82) is 0 Å². The fraction of sp³-hybridized carbons (Fsp3) is 0.235. The van der Waals surface area contributed by atoms with Crippen LogP contribution in [0.15, 0.2) is 53.8 Å². The molecule has 134 valence electrons. The molecular formula is C17H18O7S. The van der Waals surface area contributed by atoms with Crippen LogP contribution in [0.25, 0.3) is 0 Å². The van der Waals surface area contributed by atoms with Gasteiger partial charge in [0, 0.05) is 16.0 Å². The lowest BCUT2D eigenvalue weighted by atomic mass is 10.1. The lowest BCUT2D eigenvalue weighted by Crippen LogP contribution is -2.19. The van der Waals surface area contributed by atoms with Crippen molar-refractivity contribution < 1.29 is 33.6 Å². The van der Waals surface area contributed by atoms with Gasteiger partial charge in [0.25, 0.3) is 5.78 Å². The third kappa shape index (κ3) is 7.69. The molecule has 25 heavy (non-hydrogen) atoms. The summed E-state index contributed by atoms with van der Waals surface area (Å²) in [4.78, 5) is 44.7. The normalized spacial score (nSPS) is 10.3. The molecule has 0 atom stereocenters. The third-order valence-corrected chi connectivity index (χ3v) is 3.38. The SMILES string of the molecule is C=C(C)C(=O)OC=COOCCOC(=O)C(=O)c1ccc(SC)cc1. The number of carbonyl (C=O) groups is 3. The highest BCUT2D eigenvalue weighted by molar-refractivity contribution is 7.98. The molecule has 0 saturated heterocycles. The van der Waals surface area contributed by atoms with E-state index < -0.39 is 17.7 Å². The Morgan fingerprint density at radius 1 is 1.08 bits per heavy atom. The lowest BCUT2D eigenvalue weighted by Gasteiger charge is -2.04. The van der Waals surface area contributed by atoms with Crippen molar-refractivity contribution in [3.8, 4) is 0 Å². The lowest BCUT2D eigenvalue weighted by molar-refractivity contribution is -0.255. The highest BCUT2D eigenvalue weighted by Gasteiger charge is 2.17. The average molecular weight is 366 g/mol. The molecule has 0 amide bonds. The summed E-state index contributed by atoms with van der Waals surface area (Å²) < 4.78 is 9.36. The number of ether oxygens (including phenoxy) is 2. The number of carbonyl (C=O) groups excluding carboxylic acids is 3. The summed E-state index contributed by atoms with van der Waals surface area (Å²) in [7, 11) is 0. The summed E-state index contributed by atoms with van der Waals surface area (Å²) >= 11 is 1.53. The Balaban J connectivity index is 2.21. The van der Waals surface area contributed by atoms with Gasteiger partial charge in [0.2, 0.25) is 0 Å². The molecule has 7 nitrogen and oxygen atoms in total. The maximum atomic E-state index is 11.8. The first-order chi connectivity index (χ1) is 12.0. The van der Waals surface area contributed by atoms with Gasteiger partial charge in [0.05, 0.1) is 0 Å². The van der Waals surface area contributed by atoms with Crippen LogP contribution in [0.4, 0.5) is 0 Å². The maximum absolute atomic E-state index is 11.8. The second-order valence-corrected chi connectivity index (χ2v) is 5.45. The van der Waals surface area contributed by atoms with E-state index in [2.05, 4.69) is 21.1 Å². The Hall–Kier alpha value is -2.58. The van der Waals surface area contributed by atoms with Crippen molar-refractivity contribution in [2.24, 2.45) is 0 Å². The molecule has 8 heteroatoms. The molecule has 1 aromatic carbocycles. The monoisotopic (exact) mass is 366 g/mol. The topological polar surface area (TPSA) is 88.1 Å². The molecule has 0 radical (unpaired) electrons. The zero-order valence-electron chi connectivity index (χ0n) is 13.9. The largest absolute Gasteiger partial charge is 0.457 e. The minimum Gasteiger partial charge on any atom is -0.457 e. The van der Waals surface area contributed by atoms with E-state index in [1.807, 2.05) is 6.26 Å². The summed E-state index contributed by atoms with van der Waals surface area (Å²) in [5.74, 6) is -2.32. The number of ketones is 1. The molecule has 0 heterocycles. The van der Waals surface area contributed by atoms with Gasteiger partial charge < -0.3 is 14.4 Å². The molecule has 0 aliphatic rings. The molecule has 1 aromatic rings. The van der Waals surface area contributed by atoms with Gasteiger partial charge in [0.1, 0.15) is 19.5 Å². The fourth-order valence-electron chi connectivity index (χ4n) is 1.39. The van der Waals surface area contributed by atoms with E-state index in [4.69, 9.17) is 4.74 Å². The number of rotatable bonds is 10. The summed E-state index contributed by atoms with van der Waals surface area (Å²) in [6.45, 7) is 4.62. The van der Waals surface area contributed by atoms with Gasteiger partial charge in [-0.1, -0.05) is 6.58 Å². The number of Topliss-reactive ketones (excluding diaryl/α,β-unsaturated/α-hetero) is 1. The van der Waals surface area contributed by atoms with Crippen LogP contribution in [0.2, 0.25) is 0 Å². The van der Waals surface area contributed by atoms with Crippen LogP contribution < -0.4 is 0 Å². The van der Waals surface area contributed by atoms with Gasteiger partial charge in [-0.25, -0.2) is 9.59 Å². The van der Waals surface area contributed by atoms with Gasteiger partial charge >= 0.3 is 11.9 Å². The number of hydrogen-bond donors (Lipinski definition) is 0. The second-order valence-electron chi connectivity index (χ2n) is 4.57. The third-order valence-electron chi connectivity index (χ3n) is 2.64. The van der Waals surface area contributed by atoms with Crippen LogP contribution in [-0.2, 0) is 28.8 Å². The summed E-state index contributed by atoms with van der Waals surface area (Å²) in [6, 6.07) is 6.61. The standard InChI is InChI=1S/C17H18O7S/c1-12(2)16(19)21-8-10-23-24-11-9-22-17(20)15(18)13-4-6-14(25-3)7-5-13/h4-8,10H,1,9,11H2,2-3H3. The molecular weight excluding hydrogens is 348 g/mol. The molecule has 0 bridgehead atoms. The molecule has 1 rings (SSSR count). The quantitative estimate of drug-likeness (QED) is 0.0719. The Morgan fingerprint density at radius 2 is 1.76 bits per heavy atom. The summed E-state index contributed by atoms with van der Waals surface area (Å²) in [6.07, 6.45) is 3.87. The van der Waals surface area contributed by atoms with Crippen LogP contribution in [0, 0.1) is 0 Å². The Labute approximate surface area is 149 Å². The molecule has 0 spiro atoms. The maximum Gasteiger partial charge on any atom is 0.379 e. The molecule has 0 aromatic heterocycles. The van der Waals surface area contributed by atoms with E-state index in [-0.39, 0.29) is 24.4 Å². The Kier molecular flexibility index (Phi) is 9.05. The van der Waals surface area contributed by atoms with Crippen molar-refractivity contribution in [2.45, 2.75) is 11.8 Å². The van der Waals surface area contributed by atoms with Gasteiger partial charge in [0.15, 0.2) is 6.26 Å². The fourth-order valence-corrected chi connectivity index (χ4v) is 1.80. The van der Waals surface area contributed by atoms with E-state index in [9.17, 15) is 14.4 Å². The molecule has 0 aliphatic carbocycles. The van der Waals surface area contributed by atoms with E-state index in [0.717, 1.165) is 17.4 Å². The van der Waals surface area contributed by atoms with Gasteiger partial charge in [-0.2, -0.15) is 4.89 Å². The minimum atomic E-state index is -0.980. The molecule has 0 saturated carbocycles. The Morgan fingerprint density at radius 3 is 2.36 bits per heavy atom. The number of hydrogen-bond acceptors (Lipinski definition) is 8. The zero-order valence-corrected chi connectivity index (χ0v) is 14.7. The predicted octanol–water partition coefficient (Wildman–Crippen LogP) is 2.67. The van der Waals surface area contributed by atoms with Crippen LogP contribution >= 0.6 is 11.8 Å². The van der Waals surface area contributed by atoms with Gasteiger partial charge in [-0.3, -0.25) is 4.79 Å². The van der Waals surface area contributed by atoms with Crippen LogP contribution in [-0.4, -0.2) is 37.2 Å². The van der Waals surface area contributed by atoms with Crippen molar-refractivity contribution >= 4 is 29.5 Å². The van der Waals surface area contributed by atoms with E-state index >= 15 is 0 Å². The summed E-state index contributed by atoms with van der Waals surface area (Å²) in [5, 5.41) is 0. The van der Waals surface area contributed by atoms with Crippen LogP contribution in [0.1, 0.15) is 17.3 Å². The second kappa shape index (κ2) is 11.1. The molecule has 0 aliphatic heterocycles. The minimum absolute atomic E-state index is 0.108. The average Bonchev–Trinajstić information content (AvgIpc) is 2.62. The molecule has 0 unspecified atom stereocenters. The Bertz CT molecular complexity index is 649. The smallest absolute Gasteiger partial charge is 0.379 e. The van der Waals surface area contributed by atoms with Crippen molar-refractivity contribution in [1.82, 2.24) is 0 Å². The van der Waals surface area contributed by atoms with Crippen LogP contribution in [0.3, 0.4) is 0 Å². The van der Waals surface area contributed by atoms with Crippen molar-refractivity contribution in [2.75, 3.05) is 19.5 Å². The molecule has 0 N–H and O–H groups in total. The highest BCUT2D eigenvalue weighted by atomic mass is 32.2. The van der Waals surface area contributed by atoms with Gasteiger partial charge in [-0.15, -0.1) is 11.8 Å². The number of benzene rings is 1. The first kappa shape index (κ1) is 20.5. The van der Waals surface area contributed by atoms with Crippen LogP contribution in [0.5, 0.6) is 0 Å². The predicted molar refractivity (Wildman–Crippen MR) is 90.6 cm³/mol. The summed E-state index contributed by atoms with van der Waals surface area (Å²) in [5.41, 5.74) is 0.493. The first-order valence-electron chi connectivity index (χ1n) is 7.11.